The molecule has 0 spiro atoms. The van der Waals surface area contributed by atoms with Gasteiger partial charge in [-0.1, -0.05) is 36.4 Å². The van der Waals surface area contributed by atoms with Gasteiger partial charge in [-0.25, -0.2) is 4.39 Å². The largest absolute Gasteiger partial charge is 0.496 e. The molecule has 2 aromatic rings. The monoisotopic (exact) mass is 400 g/mol. The summed E-state index contributed by atoms with van der Waals surface area (Å²) in [5.41, 5.74) is 1.22. The van der Waals surface area contributed by atoms with Gasteiger partial charge in [0.15, 0.2) is 0 Å². The van der Waals surface area contributed by atoms with Crippen LogP contribution in [0.25, 0.3) is 0 Å². The summed E-state index contributed by atoms with van der Waals surface area (Å²) in [4.78, 5) is 27.0. The molecule has 3 atom stereocenters. The van der Waals surface area contributed by atoms with E-state index in [0.29, 0.717) is 11.3 Å². The van der Waals surface area contributed by atoms with Gasteiger partial charge in [-0.15, -0.1) is 0 Å². The highest BCUT2D eigenvalue weighted by molar-refractivity contribution is 5.83. The summed E-state index contributed by atoms with van der Waals surface area (Å²) >= 11 is 0. The topological polar surface area (TPSA) is 67.9 Å². The van der Waals surface area contributed by atoms with Crippen LogP contribution in [-0.2, 0) is 20.9 Å². The number of amides is 1. The zero-order valence-electron chi connectivity index (χ0n) is 16.7. The lowest BCUT2D eigenvalue weighted by Crippen LogP contribution is -2.36. The van der Waals surface area contributed by atoms with Crippen LogP contribution in [0.1, 0.15) is 23.6 Å². The lowest BCUT2D eigenvalue weighted by Gasteiger charge is -2.27. The Bertz CT molecular complexity index is 889. The molecule has 3 rings (SSSR count). The lowest BCUT2D eigenvalue weighted by molar-refractivity contribution is -0.145. The van der Waals surface area contributed by atoms with Crippen molar-refractivity contribution in [3.05, 3.63) is 65.5 Å². The number of methoxy groups -OCH3 is 2. The van der Waals surface area contributed by atoms with Gasteiger partial charge in [-0.2, -0.15) is 0 Å². The van der Waals surface area contributed by atoms with Crippen LogP contribution in [0.4, 0.5) is 4.39 Å². The minimum absolute atomic E-state index is 0.248. The number of benzene rings is 2. The fourth-order valence-electron chi connectivity index (χ4n) is 3.98. The van der Waals surface area contributed by atoms with Crippen molar-refractivity contribution >= 4 is 11.9 Å². The van der Waals surface area contributed by atoms with Crippen LogP contribution in [0.5, 0.6) is 5.75 Å². The summed E-state index contributed by atoms with van der Waals surface area (Å²) < 4.78 is 24.7. The number of carbonyl (C=O) groups is 2. The first-order chi connectivity index (χ1) is 14.0. The number of ether oxygens (including phenoxy) is 2. The zero-order chi connectivity index (χ0) is 21.0. The zero-order valence-corrected chi connectivity index (χ0v) is 16.7. The van der Waals surface area contributed by atoms with E-state index in [1.54, 1.807) is 37.3 Å². The van der Waals surface area contributed by atoms with Crippen LogP contribution in [0.2, 0.25) is 0 Å². The van der Waals surface area contributed by atoms with Crippen molar-refractivity contribution in [2.75, 3.05) is 21.3 Å². The van der Waals surface area contributed by atoms with E-state index in [1.165, 1.54) is 13.2 Å². The van der Waals surface area contributed by atoms with E-state index in [1.807, 2.05) is 24.3 Å². The summed E-state index contributed by atoms with van der Waals surface area (Å²) in [7, 11) is 4.59. The Morgan fingerprint density at radius 1 is 1.14 bits per heavy atom. The molecule has 1 saturated heterocycles. The number of likely N-dealkylation sites (tertiary alicyclic amines) is 1. The van der Waals surface area contributed by atoms with E-state index in [-0.39, 0.29) is 18.9 Å². The molecule has 29 heavy (non-hydrogen) atoms. The van der Waals surface area contributed by atoms with Crippen molar-refractivity contribution in [3.8, 4) is 5.75 Å². The predicted octanol–water partition coefficient (Wildman–Crippen LogP) is 2.69. The normalized spacial score (nSPS) is 21.6. The minimum Gasteiger partial charge on any atom is -0.496 e. The number of rotatable bonds is 6. The molecule has 1 aliphatic heterocycles. The molecule has 0 unspecified atom stereocenters. The third-order valence-electron chi connectivity index (χ3n) is 5.47. The number of esters is 1. The number of para-hydroxylation sites is 1. The van der Waals surface area contributed by atoms with Crippen molar-refractivity contribution in [1.82, 2.24) is 10.2 Å². The molecule has 1 N–H and O–H groups in total. The molecule has 1 amide bonds. The number of hydrogen-bond donors (Lipinski definition) is 1. The van der Waals surface area contributed by atoms with Crippen LogP contribution >= 0.6 is 0 Å². The molecule has 1 heterocycles. The molecule has 154 valence electrons. The summed E-state index contributed by atoms with van der Waals surface area (Å²) in [5, 5.41) is 2.91. The number of hydrogen-bond acceptors (Lipinski definition) is 5. The Morgan fingerprint density at radius 3 is 2.52 bits per heavy atom. The highest BCUT2D eigenvalue weighted by Crippen LogP contribution is 2.41. The van der Waals surface area contributed by atoms with Gasteiger partial charge in [0.05, 0.1) is 20.1 Å². The standard InChI is InChI=1S/C22H25FN2O4/c1-25-18(22(27)29-3)12-16(20(25)15-9-5-6-10-17(15)23)21(26)24-13-14-8-4-7-11-19(14)28-2/h4-11,16,18,20H,12-13H2,1-3H3,(H,24,26)/t16-,18-,20-/m0/s1. The quantitative estimate of drug-likeness (QED) is 0.756. The van der Waals surface area contributed by atoms with Gasteiger partial charge in [-0.3, -0.25) is 14.5 Å². The lowest BCUT2D eigenvalue weighted by atomic mass is 9.92. The van der Waals surface area contributed by atoms with Gasteiger partial charge in [0.1, 0.15) is 17.6 Å². The van der Waals surface area contributed by atoms with Crippen LogP contribution in [-0.4, -0.2) is 44.1 Å². The van der Waals surface area contributed by atoms with Crippen molar-refractivity contribution < 1.29 is 23.5 Å². The predicted molar refractivity (Wildman–Crippen MR) is 106 cm³/mol. The van der Waals surface area contributed by atoms with E-state index in [2.05, 4.69) is 5.32 Å². The van der Waals surface area contributed by atoms with E-state index in [9.17, 15) is 14.0 Å². The van der Waals surface area contributed by atoms with Gasteiger partial charge < -0.3 is 14.8 Å². The van der Waals surface area contributed by atoms with E-state index < -0.39 is 29.8 Å². The highest BCUT2D eigenvalue weighted by Gasteiger charge is 2.47. The van der Waals surface area contributed by atoms with Gasteiger partial charge >= 0.3 is 5.97 Å². The maximum absolute atomic E-state index is 14.5. The highest BCUT2D eigenvalue weighted by atomic mass is 19.1. The van der Waals surface area contributed by atoms with Gasteiger partial charge in [0.2, 0.25) is 5.91 Å². The second kappa shape index (κ2) is 9.05. The van der Waals surface area contributed by atoms with Crippen LogP contribution in [0.3, 0.4) is 0 Å². The Labute approximate surface area is 169 Å². The van der Waals surface area contributed by atoms with Crippen LogP contribution in [0.15, 0.2) is 48.5 Å². The molecule has 6 nitrogen and oxygen atoms in total. The summed E-state index contributed by atoms with van der Waals surface area (Å²) in [6.07, 6.45) is 0.250. The molecular formula is C22H25FN2O4. The smallest absolute Gasteiger partial charge is 0.323 e. The Balaban J connectivity index is 1.84. The van der Waals surface area contributed by atoms with Crippen molar-refractivity contribution in [2.45, 2.75) is 25.0 Å². The molecule has 1 fully saturated rings. The number of likely N-dealkylation sites (N-methyl/N-ethyl adjacent to an activating group) is 1. The van der Waals surface area contributed by atoms with Gasteiger partial charge in [0, 0.05) is 23.7 Å². The maximum Gasteiger partial charge on any atom is 0.323 e. The third kappa shape index (κ3) is 4.24. The second-order valence-corrected chi connectivity index (χ2v) is 7.04. The second-order valence-electron chi connectivity index (χ2n) is 7.04. The van der Waals surface area contributed by atoms with Crippen LogP contribution < -0.4 is 10.1 Å². The number of carbonyl (C=O) groups excluding carboxylic acids is 2. The van der Waals surface area contributed by atoms with E-state index in [4.69, 9.17) is 9.47 Å². The van der Waals surface area contributed by atoms with E-state index >= 15 is 0 Å². The molecule has 0 saturated carbocycles. The molecule has 0 aromatic heterocycles. The third-order valence-corrected chi connectivity index (χ3v) is 5.47. The molecule has 0 radical (unpaired) electrons. The van der Waals surface area contributed by atoms with Crippen molar-refractivity contribution in [2.24, 2.45) is 5.92 Å². The van der Waals surface area contributed by atoms with Crippen molar-refractivity contribution in [1.29, 1.82) is 0 Å². The molecule has 7 heteroatoms. The molecular weight excluding hydrogens is 375 g/mol. The summed E-state index contributed by atoms with van der Waals surface area (Å²) in [6.45, 7) is 0.274. The number of nitrogens with one attached hydrogen (secondary N) is 1. The first-order valence-electron chi connectivity index (χ1n) is 9.41. The van der Waals surface area contributed by atoms with E-state index in [0.717, 1.165) is 5.56 Å². The average molecular weight is 400 g/mol. The first-order valence-corrected chi connectivity index (χ1v) is 9.41. The maximum atomic E-state index is 14.5. The van der Waals surface area contributed by atoms with Gasteiger partial charge in [-0.05, 0) is 25.6 Å². The number of nitrogens with zero attached hydrogens (tertiary/aromatic N) is 1. The fraction of sp³-hybridized carbons (Fsp3) is 0.364. The average Bonchev–Trinajstić information content (AvgIpc) is 3.09. The fourth-order valence-corrected chi connectivity index (χ4v) is 3.98. The molecule has 0 bridgehead atoms. The summed E-state index contributed by atoms with van der Waals surface area (Å²) in [5.74, 6) is -1.01. The first kappa shape index (κ1) is 20.8. The van der Waals surface area contributed by atoms with Crippen LogP contribution in [0, 0.1) is 11.7 Å². The summed E-state index contributed by atoms with van der Waals surface area (Å²) in [6, 6.07) is 12.5. The molecule has 2 aromatic carbocycles. The SMILES string of the molecule is COC(=O)[C@@H]1C[C@H](C(=O)NCc2ccccc2OC)[C@H](c2ccccc2F)N1C. The van der Waals surface area contributed by atoms with Gasteiger partial charge in [0.25, 0.3) is 0 Å². The Morgan fingerprint density at radius 2 is 1.83 bits per heavy atom. The Hall–Kier alpha value is -2.93. The minimum atomic E-state index is -0.619. The molecule has 1 aliphatic rings. The Kier molecular flexibility index (Phi) is 6.49. The number of halogens is 1. The molecule has 0 aliphatic carbocycles. The van der Waals surface area contributed by atoms with Crippen molar-refractivity contribution in [3.63, 3.8) is 0 Å².